The third kappa shape index (κ3) is 3.55. The van der Waals surface area contributed by atoms with Gasteiger partial charge in [-0.25, -0.2) is 4.39 Å². The second-order valence-corrected chi connectivity index (χ2v) is 5.99. The number of rotatable bonds is 5. The molecule has 1 unspecified atom stereocenters. The van der Waals surface area contributed by atoms with Crippen molar-refractivity contribution in [2.45, 2.75) is 12.5 Å². The van der Waals surface area contributed by atoms with Crippen LogP contribution in [0.4, 0.5) is 4.39 Å². The number of benzene rings is 2. The fraction of sp³-hybridized carbons (Fsp3) is 0.176. The highest BCUT2D eigenvalue weighted by Crippen LogP contribution is 2.22. The van der Waals surface area contributed by atoms with Crippen LogP contribution in [0.25, 0.3) is 10.9 Å². The van der Waals surface area contributed by atoms with Gasteiger partial charge in [-0.05, 0) is 41.7 Å². The van der Waals surface area contributed by atoms with Gasteiger partial charge in [0.25, 0.3) is 5.91 Å². The summed E-state index contributed by atoms with van der Waals surface area (Å²) in [6, 6.07) is 13.1. The minimum atomic E-state index is -0.481. The molecule has 3 rings (SSSR count). The second-order valence-electron chi connectivity index (χ2n) is 5.22. The first-order valence-corrected chi connectivity index (χ1v) is 7.95. The van der Waals surface area contributed by atoms with Crippen molar-refractivity contribution in [3.8, 4) is 0 Å². The number of nitrogens with one attached hydrogen (secondary N) is 1. The lowest BCUT2D eigenvalue weighted by Gasteiger charge is -2.16. The first-order chi connectivity index (χ1) is 11.2. The largest absolute Gasteiger partial charge is 0.394 e. The van der Waals surface area contributed by atoms with Crippen LogP contribution in [-0.2, 0) is 6.42 Å². The lowest BCUT2D eigenvalue weighted by Crippen LogP contribution is -2.38. The molecule has 0 saturated heterocycles. The molecule has 2 aromatic carbocycles. The van der Waals surface area contributed by atoms with Gasteiger partial charge in [-0.2, -0.15) is 4.37 Å². The first-order valence-electron chi connectivity index (χ1n) is 7.18. The molecule has 1 heterocycles. The Hall–Kier alpha value is -2.31. The molecule has 2 N–H and O–H groups in total. The molecule has 0 bridgehead atoms. The van der Waals surface area contributed by atoms with Gasteiger partial charge in [0.1, 0.15) is 10.7 Å². The van der Waals surface area contributed by atoms with Crippen molar-refractivity contribution >= 4 is 28.3 Å². The van der Waals surface area contributed by atoms with Gasteiger partial charge in [0, 0.05) is 5.39 Å². The van der Waals surface area contributed by atoms with E-state index in [4.69, 9.17) is 0 Å². The van der Waals surface area contributed by atoms with Crippen LogP contribution >= 0.6 is 11.5 Å². The van der Waals surface area contributed by atoms with Crippen LogP contribution in [-0.4, -0.2) is 28.0 Å². The average Bonchev–Trinajstić information content (AvgIpc) is 2.98. The Bertz CT molecular complexity index is 834. The Morgan fingerprint density at radius 3 is 2.87 bits per heavy atom. The lowest BCUT2D eigenvalue weighted by molar-refractivity contribution is 0.0922. The summed E-state index contributed by atoms with van der Waals surface area (Å²) >= 11 is 1.13. The summed E-state index contributed by atoms with van der Waals surface area (Å²) in [4.78, 5) is 12.9. The van der Waals surface area contributed by atoms with Gasteiger partial charge < -0.3 is 10.4 Å². The lowest BCUT2D eigenvalue weighted by atomic mass is 10.1. The van der Waals surface area contributed by atoms with E-state index in [0.29, 0.717) is 11.3 Å². The molecule has 1 atom stereocenters. The number of hydrogen-bond acceptors (Lipinski definition) is 4. The van der Waals surface area contributed by atoms with E-state index in [0.717, 1.165) is 28.0 Å². The Balaban J connectivity index is 1.75. The molecule has 0 radical (unpaired) electrons. The molecule has 1 amide bonds. The zero-order valence-electron chi connectivity index (χ0n) is 12.2. The maximum absolute atomic E-state index is 13.2. The molecule has 0 fully saturated rings. The van der Waals surface area contributed by atoms with Crippen molar-refractivity contribution in [2.75, 3.05) is 6.61 Å². The van der Waals surface area contributed by atoms with Crippen molar-refractivity contribution in [3.63, 3.8) is 0 Å². The summed E-state index contributed by atoms with van der Waals surface area (Å²) in [5.41, 5.74) is 1.49. The number of nitrogens with zero attached hydrogens (tertiary/aromatic N) is 1. The first kappa shape index (κ1) is 15.6. The third-order valence-electron chi connectivity index (χ3n) is 3.52. The van der Waals surface area contributed by atoms with Crippen molar-refractivity contribution in [1.82, 2.24) is 9.69 Å². The number of carbonyl (C=O) groups excluding carboxylic acids is 1. The Morgan fingerprint density at radius 2 is 2.09 bits per heavy atom. The van der Waals surface area contributed by atoms with E-state index in [-0.39, 0.29) is 18.3 Å². The maximum atomic E-state index is 13.2. The normalized spacial score (nSPS) is 12.3. The predicted molar refractivity (Wildman–Crippen MR) is 88.1 cm³/mol. The molecule has 0 saturated carbocycles. The van der Waals surface area contributed by atoms with Crippen LogP contribution in [0.15, 0.2) is 48.5 Å². The number of aliphatic hydroxyl groups excluding tert-OH is 1. The fourth-order valence-corrected chi connectivity index (χ4v) is 3.18. The zero-order chi connectivity index (χ0) is 16.2. The molecule has 3 aromatic rings. The quantitative estimate of drug-likeness (QED) is 0.756. The van der Waals surface area contributed by atoms with E-state index < -0.39 is 6.04 Å². The van der Waals surface area contributed by atoms with Crippen molar-refractivity contribution in [3.05, 3.63) is 64.8 Å². The topological polar surface area (TPSA) is 62.2 Å². The van der Waals surface area contributed by atoms with E-state index in [1.807, 2.05) is 24.3 Å². The van der Waals surface area contributed by atoms with Crippen LogP contribution in [0.1, 0.15) is 15.2 Å². The molecular formula is C17H15FN2O2S. The molecule has 0 spiro atoms. The van der Waals surface area contributed by atoms with E-state index in [1.165, 1.54) is 12.1 Å². The van der Waals surface area contributed by atoms with E-state index in [1.54, 1.807) is 12.1 Å². The molecule has 23 heavy (non-hydrogen) atoms. The molecule has 4 nitrogen and oxygen atoms in total. The van der Waals surface area contributed by atoms with Crippen molar-refractivity contribution in [2.24, 2.45) is 0 Å². The van der Waals surface area contributed by atoms with Crippen LogP contribution in [0.3, 0.4) is 0 Å². The smallest absolute Gasteiger partial charge is 0.263 e. The number of carbonyl (C=O) groups is 1. The summed E-state index contributed by atoms with van der Waals surface area (Å²) in [5, 5.41) is 13.1. The number of aromatic nitrogens is 1. The Morgan fingerprint density at radius 1 is 1.26 bits per heavy atom. The summed E-state index contributed by atoms with van der Waals surface area (Å²) < 4.78 is 17.5. The summed E-state index contributed by atoms with van der Waals surface area (Å²) in [6.07, 6.45) is 0.358. The number of halogens is 1. The number of amides is 1. The minimum absolute atomic E-state index is 0.223. The number of fused-ring (bicyclic) bond motifs is 1. The van der Waals surface area contributed by atoms with Gasteiger partial charge in [0.15, 0.2) is 0 Å². The van der Waals surface area contributed by atoms with Crippen molar-refractivity contribution < 1.29 is 14.3 Å². The predicted octanol–water partition coefficient (Wildman–Crippen LogP) is 2.77. The maximum Gasteiger partial charge on any atom is 0.263 e. The van der Waals surface area contributed by atoms with Crippen LogP contribution in [0.5, 0.6) is 0 Å². The van der Waals surface area contributed by atoms with E-state index in [9.17, 15) is 14.3 Å². The minimum Gasteiger partial charge on any atom is -0.394 e. The van der Waals surface area contributed by atoms with Gasteiger partial charge in [-0.15, -0.1) is 0 Å². The summed E-state index contributed by atoms with van der Waals surface area (Å²) in [6.45, 7) is -0.223. The van der Waals surface area contributed by atoms with Crippen molar-refractivity contribution in [1.29, 1.82) is 0 Å². The highest BCUT2D eigenvalue weighted by molar-refractivity contribution is 7.09. The standard InChI is InChI=1S/C17H15FN2O2S/c18-12-5-3-4-11(8-12)9-13(10-21)19-17(22)16-14-6-1-2-7-15(14)20-23-16/h1-8,13,21H,9-10H2,(H,19,22). The molecule has 1 aromatic heterocycles. The van der Waals surface area contributed by atoms with Gasteiger partial charge in [0.05, 0.1) is 18.2 Å². The fourth-order valence-electron chi connectivity index (χ4n) is 2.41. The van der Waals surface area contributed by atoms with Gasteiger partial charge in [-0.1, -0.05) is 30.3 Å². The van der Waals surface area contributed by atoms with Crippen LogP contribution in [0.2, 0.25) is 0 Å². The average molecular weight is 330 g/mol. The van der Waals surface area contributed by atoms with Crippen LogP contribution in [0, 0.1) is 5.82 Å². The molecule has 0 aliphatic heterocycles. The molecule has 0 aliphatic rings. The second kappa shape index (κ2) is 6.85. The summed E-state index contributed by atoms with van der Waals surface area (Å²) in [5.74, 6) is -0.613. The zero-order valence-corrected chi connectivity index (χ0v) is 13.0. The number of aliphatic hydroxyl groups is 1. The summed E-state index contributed by atoms with van der Waals surface area (Å²) in [7, 11) is 0. The highest BCUT2D eigenvalue weighted by atomic mass is 32.1. The highest BCUT2D eigenvalue weighted by Gasteiger charge is 2.18. The van der Waals surface area contributed by atoms with Gasteiger partial charge in [0.2, 0.25) is 0 Å². The molecule has 0 aliphatic carbocycles. The monoisotopic (exact) mass is 330 g/mol. The van der Waals surface area contributed by atoms with E-state index in [2.05, 4.69) is 9.69 Å². The van der Waals surface area contributed by atoms with Gasteiger partial charge in [-0.3, -0.25) is 4.79 Å². The van der Waals surface area contributed by atoms with Crippen LogP contribution < -0.4 is 5.32 Å². The Kier molecular flexibility index (Phi) is 4.64. The third-order valence-corrected chi connectivity index (χ3v) is 4.39. The van der Waals surface area contributed by atoms with Gasteiger partial charge >= 0.3 is 0 Å². The Labute approximate surface area is 136 Å². The number of hydrogen-bond donors (Lipinski definition) is 2. The van der Waals surface area contributed by atoms with E-state index >= 15 is 0 Å². The molecule has 6 heteroatoms. The SMILES string of the molecule is O=C(NC(CO)Cc1cccc(F)c1)c1snc2ccccc12. The molecule has 118 valence electrons. The molecular weight excluding hydrogens is 315 g/mol.